The van der Waals surface area contributed by atoms with Crippen LogP contribution in [0.4, 0.5) is 0 Å². The van der Waals surface area contributed by atoms with Gasteiger partial charge in [0.1, 0.15) is 5.75 Å². The van der Waals surface area contributed by atoms with Crippen LogP contribution < -0.4 is 13.7 Å². The summed E-state index contributed by atoms with van der Waals surface area (Å²) in [5, 5.41) is 11.3. The van der Waals surface area contributed by atoms with Crippen LogP contribution in [0.1, 0.15) is 42.4 Å². The van der Waals surface area contributed by atoms with Crippen molar-refractivity contribution < 1.29 is 27.2 Å². The summed E-state index contributed by atoms with van der Waals surface area (Å²) < 4.78 is 38.5. The van der Waals surface area contributed by atoms with Crippen LogP contribution in [0.3, 0.4) is 0 Å². The molecule has 3 rings (SSSR count). The van der Waals surface area contributed by atoms with E-state index in [1.807, 2.05) is 18.2 Å². The molecular formula is C26H38ClNO6S. The number of hydrogen-bond acceptors (Lipinski definition) is 7. The molecule has 0 spiro atoms. The predicted octanol–water partition coefficient (Wildman–Crippen LogP) is 4.03. The van der Waals surface area contributed by atoms with Crippen molar-refractivity contribution in [2.24, 2.45) is 0 Å². The third-order valence-corrected chi connectivity index (χ3v) is 7.03. The Kier molecular flexibility index (Phi) is 10.7. The summed E-state index contributed by atoms with van der Waals surface area (Å²) >= 11 is 0. The molecule has 0 heterocycles. The number of rotatable bonds is 11. The first-order valence-corrected chi connectivity index (χ1v) is 13.6. The maximum atomic E-state index is 11.3. The van der Waals surface area contributed by atoms with Crippen LogP contribution in [-0.4, -0.2) is 64.6 Å². The van der Waals surface area contributed by atoms with E-state index in [1.165, 1.54) is 11.1 Å². The first kappa shape index (κ1) is 29.2. The molecule has 0 unspecified atom stereocenters. The Labute approximate surface area is 215 Å². The molecule has 0 amide bonds. The lowest BCUT2D eigenvalue weighted by Gasteiger charge is -2.27. The van der Waals surface area contributed by atoms with Gasteiger partial charge in [0.25, 0.3) is 0 Å². The van der Waals surface area contributed by atoms with E-state index in [2.05, 4.69) is 11.9 Å². The first-order chi connectivity index (χ1) is 16.1. The second-order valence-corrected chi connectivity index (χ2v) is 10.9. The molecule has 196 valence electrons. The molecule has 1 aliphatic carbocycles. The van der Waals surface area contributed by atoms with Gasteiger partial charge in [-0.05, 0) is 99.5 Å². The monoisotopic (exact) mass is 527 g/mol. The molecule has 35 heavy (non-hydrogen) atoms. The highest BCUT2D eigenvalue weighted by molar-refractivity contribution is 7.86. The first-order valence-electron chi connectivity index (χ1n) is 11.7. The average molecular weight is 528 g/mol. The van der Waals surface area contributed by atoms with E-state index in [9.17, 15) is 13.5 Å². The summed E-state index contributed by atoms with van der Waals surface area (Å²) in [7, 11) is 1.84. The van der Waals surface area contributed by atoms with E-state index in [-0.39, 0.29) is 12.4 Å². The van der Waals surface area contributed by atoms with Crippen molar-refractivity contribution in [3.63, 3.8) is 0 Å². The van der Waals surface area contributed by atoms with Gasteiger partial charge >= 0.3 is 10.1 Å². The molecule has 1 N–H and O–H groups in total. The van der Waals surface area contributed by atoms with Gasteiger partial charge in [-0.25, -0.2) is 0 Å². The largest absolute Gasteiger partial charge is 0.493 e. The SMILES string of the molecule is COc1cc2c(cc1OC)CCC(O)(CCCN(C)CCc1cccc(OS(C)(=O)=O)c1)CC2.Cl. The van der Waals surface area contributed by atoms with Crippen molar-refractivity contribution in [3.05, 3.63) is 53.1 Å². The van der Waals surface area contributed by atoms with E-state index in [1.54, 1.807) is 32.4 Å². The normalized spacial score (nSPS) is 15.0. The molecule has 7 nitrogen and oxygen atoms in total. The van der Waals surface area contributed by atoms with Crippen molar-refractivity contribution >= 4 is 22.5 Å². The van der Waals surface area contributed by atoms with Crippen LogP contribution in [0, 0.1) is 0 Å². The number of aliphatic hydroxyl groups is 1. The van der Waals surface area contributed by atoms with Crippen molar-refractivity contribution in [1.82, 2.24) is 4.90 Å². The van der Waals surface area contributed by atoms with E-state index in [0.29, 0.717) is 5.75 Å². The standard InChI is InChI=1S/C26H37NO6S.ClH/c1-27(16-11-20-7-5-8-23(17-20)33-34(4,29)30)15-6-12-26(28)13-9-21-18-24(31-2)25(32-3)19-22(21)10-14-26;/h5,7-8,17-19,28H,6,9-16H2,1-4H3;1H. The maximum Gasteiger partial charge on any atom is 0.306 e. The van der Waals surface area contributed by atoms with Crippen molar-refractivity contribution in [3.8, 4) is 17.2 Å². The Morgan fingerprint density at radius 3 is 2.14 bits per heavy atom. The minimum Gasteiger partial charge on any atom is -0.493 e. The van der Waals surface area contributed by atoms with Gasteiger partial charge in [0.05, 0.1) is 26.1 Å². The number of ether oxygens (including phenoxy) is 2. The van der Waals surface area contributed by atoms with Gasteiger partial charge in [-0.3, -0.25) is 0 Å². The Hall–Kier alpha value is -2.00. The second kappa shape index (κ2) is 12.8. The molecule has 0 aromatic heterocycles. The van der Waals surface area contributed by atoms with E-state index in [0.717, 1.165) is 81.4 Å². The van der Waals surface area contributed by atoms with E-state index < -0.39 is 15.7 Å². The lowest BCUT2D eigenvalue weighted by molar-refractivity contribution is 0.0135. The third-order valence-electron chi connectivity index (χ3n) is 6.54. The maximum absolute atomic E-state index is 11.3. The topological polar surface area (TPSA) is 85.3 Å². The zero-order chi connectivity index (χ0) is 24.8. The predicted molar refractivity (Wildman–Crippen MR) is 141 cm³/mol. The van der Waals surface area contributed by atoms with Crippen LogP contribution in [-0.2, 0) is 29.4 Å². The van der Waals surface area contributed by atoms with E-state index >= 15 is 0 Å². The molecular weight excluding hydrogens is 490 g/mol. The van der Waals surface area contributed by atoms with Crippen LogP contribution in [0.25, 0.3) is 0 Å². The highest BCUT2D eigenvalue weighted by Gasteiger charge is 2.30. The second-order valence-electron chi connectivity index (χ2n) is 9.29. The molecule has 0 atom stereocenters. The number of methoxy groups -OCH3 is 2. The van der Waals surface area contributed by atoms with Gasteiger partial charge in [-0.1, -0.05) is 12.1 Å². The number of halogens is 1. The quantitative estimate of drug-likeness (QED) is 0.349. The Morgan fingerprint density at radius 2 is 1.60 bits per heavy atom. The summed E-state index contributed by atoms with van der Waals surface area (Å²) in [6, 6.07) is 11.3. The Morgan fingerprint density at radius 1 is 1.00 bits per heavy atom. The molecule has 0 saturated carbocycles. The zero-order valence-electron chi connectivity index (χ0n) is 21.1. The van der Waals surface area contributed by atoms with Gasteiger partial charge in [0.2, 0.25) is 0 Å². The lowest BCUT2D eigenvalue weighted by Crippen LogP contribution is -2.31. The summed E-state index contributed by atoms with van der Waals surface area (Å²) in [6.07, 6.45) is 6.65. The fraction of sp³-hybridized carbons (Fsp3) is 0.538. The molecule has 0 fully saturated rings. The highest BCUT2D eigenvalue weighted by atomic mass is 35.5. The fourth-order valence-corrected chi connectivity index (χ4v) is 5.03. The number of aryl methyl sites for hydroxylation is 2. The molecule has 0 aliphatic heterocycles. The molecule has 2 aromatic carbocycles. The van der Waals surface area contributed by atoms with Crippen molar-refractivity contribution in [2.75, 3.05) is 40.6 Å². The zero-order valence-corrected chi connectivity index (χ0v) is 22.7. The van der Waals surface area contributed by atoms with Crippen molar-refractivity contribution in [2.45, 2.75) is 50.5 Å². The summed E-state index contributed by atoms with van der Waals surface area (Å²) in [5.74, 6) is 1.82. The average Bonchev–Trinajstić information content (AvgIpc) is 2.94. The molecule has 9 heteroatoms. The number of benzene rings is 2. The van der Waals surface area contributed by atoms with Gasteiger partial charge in [0.15, 0.2) is 11.5 Å². The minimum atomic E-state index is -3.53. The summed E-state index contributed by atoms with van der Waals surface area (Å²) in [4.78, 5) is 2.24. The van der Waals surface area contributed by atoms with Crippen LogP contribution in [0.15, 0.2) is 36.4 Å². The van der Waals surface area contributed by atoms with E-state index in [4.69, 9.17) is 13.7 Å². The van der Waals surface area contributed by atoms with Crippen LogP contribution >= 0.6 is 12.4 Å². The Bertz CT molecular complexity index is 1040. The minimum absolute atomic E-state index is 0. The number of likely N-dealkylation sites (N-methyl/N-ethyl adjacent to an activating group) is 1. The van der Waals surface area contributed by atoms with Gasteiger partial charge < -0.3 is 23.7 Å². The van der Waals surface area contributed by atoms with Crippen LogP contribution in [0.5, 0.6) is 17.2 Å². The highest BCUT2D eigenvalue weighted by Crippen LogP contribution is 2.37. The molecule has 0 bridgehead atoms. The molecule has 0 saturated heterocycles. The summed E-state index contributed by atoms with van der Waals surface area (Å²) in [6.45, 7) is 1.72. The number of fused-ring (bicyclic) bond motifs is 1. The number of hydrogen-bond donors (Lipinski definition) is 1. The van der Waals surface area contributed by atoms with Gasteiger partial charge in [-0.15, -0.1) is 12.4 Å². The van der Waals surface area contributed by atoms with Crippen LogP contribution in [0.2, 0.25) is 0 Å². The Balaban J connectivity index is 0.00000432. The van der Waals surface area contributed by atoms with Gasteiger partial charge in [0, 0.05) is 6.54 Å². The lowest BCUT2D eigenvalue weighted by atomic mass is 9.89. The smallest absolute Gasteiger partial charge is 0.306 e. The number of nitrogens with zero attached hydrogens (tertiary/aromatic N) is 1. The third kappa shape index (κ3) is 8.86. The van der Waals surface area contributed by atoms with Crippen molar-refractivity contribution in [1.29, 1.82) is 0 Å². The molecule has 0 radical (unpaired) electrons. The summed E-state index contributed by atoms with van der Waals surface area (Å²) in [5.41, 5.74) is 2.82. The molecule has 2 aromatic rings. The molecule has 1 aliphatic rings. The van der Waals surface area contributed by atoms with Gasteiger partial charge in [-0.2, -0.15) is 8.42 Å². The fourth-order valence-electron chi connectivity index (χ4n) is 4.58.